The number of amides is 1. The van der Waals surface area contributed by atoms with E-state index < -0.39 is 0 Å². The number of nitrogens with zero attached hydrogens (tertiary/aromatic N) is 3. The first-order chi connectivity index (χ1) is 14.5. The molecule has 0 saturated carbocycles. The molecule has 2 fully saturated rings. The number of hydrogen-bond donors (Lipinski definition) is 2. The van der Waals surface area contributed by atoms with Crippen LogP contribution in [-0.4, -0.2) is 70.2 Å². The van der Waals surface area contributed by atoms with Crippen molar-refractivity contribution < 1.29 is 4.79 Å². The molecule has 160 valence electrons. The van der Waals surface area contributed by atoms with Gasteiger partial charge in [0, 0.05) is 75.0 Å². The largest absolute Gasteiger partial charge is 0.369 e. The fourth-order valence-electron chi connectivity index (χ4n) is 4.30. The molecule has 0 bridgehead atoms. The zero-order valence-corrected chi connectivity index (χ0v) is 18.4. The highest BCUT2D eigenvalue weighted by Crippen LogP contribution is 2.25. The van der Waals surface area contributed by atoms with E-state index in [-0.39, 0.29) is 5.91 Å². The smallest absolute Gasteiger partial charge is 0.255 e. The second-order valence-corrected chi connectivity index (χ2v) is 8.48. The summed E-state index contributed by atoms with van der Waals surface area (Å²) in [5.41, 5.74) is 6.27. The van der Waals surface area contributed by atoms with Gasteiger partial charge in [-0.3, -0.25) is 4.79 Å². The van der Waals surface area contributed by atoms with Crippen LogP contribution in [0.5, 0.6) is 0 Å². The van der Waals surface area contributed by atoms with Crippen molar-refractivity contribution in [1.82, 2.24) is 10.2 Å². The van der Waals surface area contributed by atoms with Gasteiger partial charge < -0.3 is 25.3 Å². The van der Waals surface area contributed by atoms with E-state index in [9.17, 15) is 4.79 Å². The molecule has 6 heteroatoms. The molecule has 0 aromatic heterocycles. The number of carbonyl (C=O) groups is 1. The summed E-state index contributed by atoms with van der Waals surface area (Å²) in [4.78, 5) is 20.0. The van der Waals surface area contributed by atoms with Crippen molar-refractivity contribution in [3.05, 3.63) is 53.1 Å². The van der Waals surface area contributed by atoms with Crippen LogP contribution in [0.2, 0.25) is 0 Å². The van der Waals surface area contributed by atoms with Crippen molar-refractivity contribution >= 4 is 23.0 Å². The molecule has 0 aliphatic carbocycles. The molecule has 2 aliphatic heterocycles. The molecule has 2 heterocycles. The minimum atomic E-state index is -0.0552. The first-order valence-corrected chi connectivity index (χ1v) is 10.9. The van der Waals surface area contributed by atoms with Crippen molar-refractivity contribution in [2.24, 2.45) is 0 Å². The highest BCUT2D eigenvalue weighted by Gasteiger charge is 2.17. The third kappa shape index (κ3) is 4.60. The summed E-state index contributed by atoms with van der Waals surface area (Å²) in [6.45, 7) is 12.4. The van der Waals surface area contributed by atoms with Crippen LogP contribution in [0, 0.1) is 13.8 Å². The summed E-state index contributed by atoms with van der Waals surface area (Å²) >= 11 is 0. The number of rotatable bonds is 4. The monoisotopic (exact) mass is 407 g/mol. The molecular weight excluding hydrogens is 374 g/mol. The van der Waals surface area contributed by atoms with Gasteiger partial charge in [-0.1, -0.05) is 0 Å². The van der Waals surface area contributed by atoms with Crippen LogP contribution in [0.3, 0.4) is 0 Å². The third-order valence-electron chi connectivity index (χ3n) is 6.24. The topological polar surface area (TPSA) is 50.9 Å². The van der Waals surface area contributed by atoms with Gasteiger partial charge in [-0.05, 0) is 68.4 Å². The number of aryl methyl sites for hydroxylation is 2. The Morgan fingerprint density at radius 1 is 0.867 bits per heavy atom. The molecule has 2 N–H and O–H groups in total. The van der Waals surface area contributed by atoms with E-state index in [0.717, 1.165) is 69.2 Å². The molecule has 30 heavy (non-hydrogen) atoms. The summed E-state index contributed by atoms with van der Waals surface area (Å²) < 4.78 is 0. The van der Waals surface area contributed by atoms with Gasteiger partial charge in [0.05, 0.1) is 0 Å². The lowest BCUT2D eigenvalue weighted by Gasteiger charge is -2.34. The Labute approximate surface area is 179 Å². The van der Waals surface area contributed by atoms with E-state index in [2.05, 4.69) is 64.4 Å². The van der Waals surface area contributed by atoms with Crippen LogP contribution in [0.4, 0.5) is 17.1 Å². The first kappa shape index (κ1) is 20.7. The third-order valence-corrected chi connectivity index (χ3v) is 6.24. The summed E-state index contributed by atoms with van der Waals surface area (Å²) in [5.74, 6) is -0.0552. The molecule has 6 nitrogen and oxygen atoms in total. The van der Waals surface area contributed by atoms with Gasteiger partial charge in [0.1, 0.15) is 0 Å². The SMILES string of the molecule is Cc1cc(N2CCN(C)CC2)ccc1NC(=O)c1ccc(N2CCNCC2)c(C)c1. The van der Waals surface area contributed by atoms with Gasteiger partial charge >= 0.3 is 0 Å². The second-order valence-electron chi connectivity index (χ2n) is 8.48. The van der Waals surface area contributed by atoms with E-state index >= 15 is 0 Å². The Kier molecular flexibility index (Phi) is 6.25. The van der Waals surface area contributed by atoms with Crippen molar-refractivity contribution in [2.75, 3.05) is 74.5 Å². The van der Waals surface area contributed by atoms with Crippen molar-refractivity contribution in [1.29, 1.82) is 0 Å². The molecule has 0 unspecified atom stereocenters. The van der Waals surface area contributed by atoms with Crippen LogP contribution < -0.4 is 20.4 Å². The van der Waals surface area contributed by atoms with Crippen LogP contribution in [0.1, 0.15) is 21.5 Å². The van der Waals surface area contributed by atoms with Crippen molar-refractivity contribution in [2.45, 2.75) is 13.8 Å². The fourth-order valence-corrected chi connectivity index (χ4v) is 4.30. The summed E-state index contributed by atoms with van der Waals surface area (Å²) in [6.07, 6.45) is 0. The lowest BCUT2D eigenvalue weighted by Crippen LogP contribution is -2.44. The minimum absolute atomic E-state index is 0.0552. The van der Waals surface area contributed by atoms with Crippen LogP contribution in [0.25, 0.3) is 0 Å². The van der Waals surface area contributed by atoms with E-state index in [1.54, 1.807) is 0 Å². The molecule has 0 spiro atoms. The van der Waals surface area contributed by atoms with Gasteiger partial charge in [-0.2, -0.15) is 0 Å². The Hall–Kier alpha value is -2.57. The number of hydrogen-bond acceptors (Lipinski definition) is 5. The Morgan fingerprint density at radius 3 is 2.27 bits per heavy atom. The molecule has 2 aliphatic rings. The van der Waals surface area contributed by atoms with Gasteiger partial charge in [0.25, 0.3) is 5.91 Å². The quantitative estimate of drug-likeness (QED) is 0.816. The van der Waals surface area contributed by atoms with Gasteiger partial charge in [0.15, 0.2) is 0 Å². The summed E-state index contributed by atoms with van der Waals surface area (Å²) in [5, 5.41) is 6.48. The van der Waals surface area contributed by atoms with Crippen LogP contribution in [0.15, 0.2) is 36.4 Å². The normalized spacial score (nSPS) is 17.8. The molecule has 2 aromatic carbocycles. The summed E-state index contributed by atoms with van der Waals surface area (Å²) in [7, 11) is 2.17. The van der Waals surface area contributed by atoms with Gasteiger partial charge in [-0.15, -0.1) is 0 Å². The Balaban J connectivity index is 1.44. The second kappa shape index (κ2) is 9.06. The molecule has 0 atom stereocenters. The first-order valence-electron chi connectivity index (χ1n) is 10.9. The number of benzene rings is 2. The highest BCUT2D eigenvalue weighted by atomic mass is 16.1. The summed E-state index contributed by atoms with van der Waals surface area (Å²) in [6, 6.07) is 12.3. The number of nitrogens with one attached hydrogen (secondary N) is 2. The van der Waals surface area contributed by atoms with E-state index in [0.29, 0.717) is 5.56 Å². The number of piperazine rings is 2. The minimum Gasteiger partial charge on any atom is -0.369 e. The Morgan fingerprint density at radius 2 is 1.60 bits per heavy atom. The highest BCUT2D eigenvalue weighted by molar-refractivity contribution is 6.05. The molecule has 2 aromatic rings. The molecule has 1 amide bonds. The fraction of sp³-hybridized carbons (Fsp3) is 0.458. The maximum atomic E-state index is 12.9. The predicted molar refractivity (Wildman–Crippen MR) is 125 cm³/mol. The maximum absolute atomic E-state index is 12.9. The molecule has 0 radical (unpaired) electrons. The van der Waals surface area contributed by atoms with Crippen LogP contribution >= 0.6 is 0 Å². The molecular formula is C24H33N5O. The number of likely N-dealkylation sites (N-methyl/N-ethyl adjacent to an activating group) is 1. The lowest BCUT2D eigenvalue weighted by molar-refractivity contribution is 0.102. The zero-order chi connectivity index (χ0) is 21.1. The van der Waals surface area contributed by atoms with Crippen molar-refractivity contribution in [3.63, 3.8) is 0 Å². The molecule has 4 rings (SSSR count). The van der Waals surface area contributed by atoms with E-state index in [1.165, 1.54) is 11.4 Å². The predicted octanol–water partition coefficient (Wildman–Crippen LogP) is 2.72. The number of anilines is 3. The van der Waals surface area contributed by atoms with E-state index in [4.69, 9.17) is 0 Å². The zero-order valence-electron chi connectivity index (χ0n) is 18.4. The maximum Gasteiger partial charge on any atom is 0.255 e. The standard InChI is InChI=1S/C24H33N5O/c1-18-17-21(28-14-12-27(3)13-15-28)5-6-22(18)26-24(30)20-4-7-23(19(2)16-20)29-10-8-25-9-11-29/h4-7,16-17,25H,8-15H2,1-3H3,(H,26,30). The average Bonchev–Trinajstić information content (AvgIpc) is 2.76. The van der Waals surface area contributed by atoms with Gasteiger partial charge in [-0.25, -0.2) is 0 Å². The van der Waals surface area contributed by atoms with Crippen LogP contribution in [-0.2, 0) is 0 Å². The van der Waals surface area contributed by atoms with Crippen molar-refractivity contribution in [3.8, 4) is 0 Å². The van der Waals surface area contributed by atoms with E-state index in [1.807, 2.05) is 18.2 Å². The number of carbonyl (C=O) groups excluding carboxylic acids is 1. The lowest BCUT2D eigenvalue weighted by atomic mass is 10.1. The van der Waals surface area contributed by atoms with Gasteiger partial charge in [0.2, 0.25) is 0 Å². The Bertz CT molecular complexity index is 898. The average molecular weight is 408 g/mol. The molecule has 2 saturated heterocycles.